The minimum absolute atomic E-state index is 0.0325. The highest BCUT2D eigenvalue weighted by Gasteiger charge is 2.32. The van der Waals surface area contributed by atoms with Gasteiger partial charge >= 0.3 is 11.2 Å². The Morgan fingerprint density at radius 3 is 2.33 bits per heavy atom. The van der Waals surface area contributed by atoms with Gasteiger partial charge in [0.2, 0.25) is 10.0 Å². The SMILES string of the molecule is Cc1cc(-n2c(-c3cc(F)c(S(N)(=O)=O)cc3F)csc2=O)ccc1OC(F)(F)F. The molecule has 160 valence electrons. The average molecular weight is 466 g/mol. The van der Waals surface area contributed by atoms with Crippen LogP contribution in [0, 0.1) is 18.6 Å². The monoisotopic (exact) mass is 466 g/mol. The van der Waals surface area contributed by atoms with Crippen molar-refractivity contribution >= 4 is 21.4 Å². The minimum atomic E-state index is -4.91. The lowest BCUT2D eigenvalue weighted by Crippen LogP contribution is -2.18. The van der Waals surface area contributed by atoms with Crippen LogP contribution in [0.5, 0.6) is 5.75 Å². The van der Waals surface area contributed by atoms with Crippen molar-refractivity contribution in [3.05, 3.63) is 62.6 Å². The molecular weight excluding hydrogens is 455 g/mol. The van der Waals surface area contributed by atoms with Crippen LogP contribution in [-0.2, 0) is 10.0 Å². The normalized spacial score (nSPS) is 12.2. The lowest BCUT2D eigenvalue weighted by Gasteiger charge is -2.14. The maximum atomic E-state index is 14.5. The molecule has 0 saturated carbocycles. The van der Waals surface area contributed by atoms with Gasteiger partial charge in [-0.15, -0.1) is 13.2 Å². The summed E-state index contributed by atoms with van der Waals surface area (Å²) < 4.78 is 93.5. The van der Waals surface area contributed by atoms with E-state index < -0.39 is 49.1 Å². The maximum absolute atomic E-state index is 14.5. The molecule has 2 N–H and O–H groups in total. The van der Waals surface area contributed by atoms with E-state index >= 15 is 0 Å². The summed E-state index contributed by atoms with van der Waals surface area (Å²) >= 11 is 0.629. The molecule has 0 atom stereocenters. The third-order valence-electron chi connectivity index (χ3n) is 3.94. The number of primary sulfonamides is 1. The Balaban J connectivity index is 2.15. The number of thiazole rings is 1. The van der Waals surface area contributed by atoms with E-state index in [0.29, 0.717) is 23.5 Å². The van der Waals surface area contributed by atoms with E-state index in [1.165, 1.54) is 18.4 Å². The third kappa shape index (κ3) is 4.37. The van der Waals surface area contributed by atoms with Crippen molar-refractivity contribution in [2.45, 2.75) is 18.2 Å². The van der Waals surface area contributed by atoms with Crippen molar-refractivity contribution in [1.29, 1.82) is 0 Å². The van der Waals surface area contributed by atoms with Gasteiger partial charge in [0, 0.05) is 10.9 Å². The second-order valence-corrected chi connectivity index (χ2v) is 8.38. The molecule has 0 amide bonds. The number of halogens is 5. The highest BCUT2D eigenvalue weighted by Crippen LogP contribution is 2.32. The second-order valence-electron chi connectivity index (χ2n) is 6.03. The van der Waals surface area contributed by atoms with Gasteiger partial charge in [-0.25, -0.2) is 22.3 Å². The lowest BCUT2D eigenvalue weighted by atomic mass is 10.1. The van der Waals surface area contributed by atoms with Gasteiger partial charge in [0.05, 0.1) is 11.4 Å². The predicted molar refractivity (Wildman–Crippen MR) is 98.1 cm³/mol. The number of alkyl halides is 3. The number of nitrogens with two attached hydrogens (primary N) is 1. The lowest BCUT2D eigenvalue weighted by molar-refractivity contribution is -0.274. The van der Waals surface area contributed by atoms with E-state index in [2.05, 4.69) is 4.74 Å². The third-order valence-corrected chi connectivity index (χ3v) is 5.59. The summed E-state index contributed by atoms with van der Waals surface area (Å²) in [7, 11) is -4.52. The summed E-state index contributed by atoms with van der Waals surface area (Å²) in [6.07, 6.45) is -4.91. The van der Waals surface area contributed by atoms with Crippen LogP contribution in [0.3, 0.4) is 0 Å². The van der Waals surface area contributed by atoms with Crippen molar-refractivity contribution in [3.8, 4) is 22.7 Å². The first-order valence-corrected chi connectivity index (χ1v) is 10.3. The van der Waals surface area contributed by atoms with Gasteiger partial charge in [-0.2, -0.15) is 0 Å². The van der Waals surface area contributed by atoms with E-state index in [-0.39, 0.29) is 16.9 Å². The van der Waals surface area contributed by atoms with Crippen molar-refractivity contribution in [1.82, 2.24) is 4.57 Å². The Morgan fingerprint density at radius 1 is 1.10 bits per heavy atom. The zero-order chi connectivity index (χ0) is 22.4. The molecule has 0 aliphatic carbocycles. The predicted octanol–water partition coefficient (Wildman–Crippen LogP) is 3.70. The molecule has 30 heavy (non-hydrogen) atoms. The van der Waals surface area contributed by atoms with Crippen LogP contribution in [0.15, 0.2) is 45.4 Å². The first-order valence-electron chi connectivity index (χ1n) is 7.87. The molecule has 6 nitrogen and oxygen atoms in total. The maximum Gasteiger partial charge on any atom is 0.573 e. The number of ether oxygens (including phenoxy) is 1. The molecule has 1 heterocycles. The summed E-state index contributed by atoms with van der Waals surface area (Å²) in [5.74, 6) is -2.99. The molecule has 0 fully saturated rings. The summed E-state index contributed by atoms with van der Waals surface area (Å²) in [4.78, 5) is 10.6. The van der Waals surface area contributed by atoms with E-state index in [9.17, 15) is 35.2 Å². The molecule has 1 aromatic heterocycles. The Hall–Kier alpha value is -2.77. The van der Waals surface area contributed by atoms with Crippen molar-refractivity contribution < 1.29 is 35.1 Å². The van der Waals surface area contributed by atoms with E-state index in [0.717, 1.165) is 16.7 Å². The standard InChI is InChI=1S/C17H11F5N2O4S2/c1-8-4-9(2-3-14(8)28-17(20,21)22)24-13(7-29-16(24)25)10-5-12(19)15(6-11(10)18)30(23,26)27/h2-7H,1H3,(H2,23,26,27). The van der Waals surface area contributed by atoms with Crippen LogP contribution in [0.4, 0.5) is 22.0 Å². The second kappa shape index (κ2) is 7.49. The van der Waals surface area contributed by atoms with Gasteiger partial charge in [0.25, 0.3) is 0 Å². The molecule has 3 rings (SSSR count). The summed E-state index contributed by atoms with van der Waals surface area (Å²) in [5.41, 5.74) is -0.471. The van der Waals surface area contributed by atoms with Crippen LogP contribution in [-0.4, -0.2) is 19.3 Å². The number of aromatic nitrogens is 1. The van der Waals surface area contributed by atoms with Crippen molar-refractivity contribution in [2.24, 2.45) is 5.14 Å². The molecule has 13 heteroatoms. The summed E-state index contributed by atoms with van der Waals surface area (Å²) in [6.45, 7) is 1.31. The van der Waals surface area contributed by atoms with Gasteiger partial charge < -0.3 is 4.74 Å². The quantitative estimate of drug-likeness (QED) is 0.594. The fourth-order valence-electron chi connectivity index (χ4n) is 2.69. The highest BCUT2D eigenvalue weighted by molar-refractivity contribution is 7.89. The van der Waals surface area contributed by atoms with Crippen LogP contribution < -0.4 is 14.7 Å². The highest BCUT2D eigenvalue weighted by atomic mass is 32.2. The minimum Gasteiger partial charge on any atom is -0.406 e. The summed E-state index contributed by atoms with van der Waals surface area (Å²) in [5, 5.41) is 6.04. The van der Waals surface area contributed by atoms with Gasteiger partial charge in [-0.3, -0.25) is 9.36 Å². The Kier molecular flexibility index (Phi) is 5.47. The van der Waals surface area contributed by atoms with Crippen LogP contribution >= 0.6 is 11.3 Å². The zero-order valence-electron chi connectivity index (χ0n) is 14.8. The van der Waals surface area contributed by atoms with Crippen molar-refractivity contribution in [2.75, 3.05) is 0 Å². The number of aryl methyl sites for hydroxylation is 1. The van der Waals surface area contributed by atoms with Gasteiger partial charge in [0.1, 0.15) is 22.3 Å². The first-order chi connectivity index (χ1) is 13.8. The van der Waals surface area contributed by atoms with Crippen LogP contribution in [0.25, 0.3) is 16.9 Å². The Bertz CT molecular complexity index is 1300. The number of sulfonamides is 1. The largest absolute Gasteiger partial charge is 0.573 e. The molecule has 0 saturated heterocycles. The number of hydrogen-bond acceptors (Lipinski definition) is 5. The van der Waals surface area contributed by atoms with E-state index in [4.69, 9.17) is 5.14 Å². The molecule has 0 spiro atoms. The Morgan fingerprint density at radius 2 is 1.77 bits per heavy atom. The van der Waals surface area contributed by atoms with Crippen molar-refractivity contribution in [3.63, 3.8) is 0 Å². The number of rotatable bonds is 4. The smallest absolute Gasteiger partial charge is 0.406 e. The number of hydrogen-bond donors (Lipinski definition) is 1. The van der Waals surface area contributed by atoms with Gasteiger partial charge in [-0.05, 0) is 42.8 Å². The first kappa shape index (κ1) is 21.9. The average Bonchev–Trinajstić information content (AvgIpc) is 2.97. The number of nitrogens with zero attached hydrogens (tertiary/aromatic N) is 1. The molecule has 2 aromatic carbocycles. The zero-order valence-corrected chi connectivity index (χ0v) is 16.5. The van der Waals surface area contributed by atoms with Gasteiger partial charge in [-0.1, -0.05) is 11.3 Å². The summed E-state index contributed by atoms with van der Waals surface area (Å²) in [6, 6.07) is 4.27. The van der Waals surface area contributed by atoms with E-state index in [1.54, 1.807) is 0 Å². The van der Waals surface area contributed by atoms with Gasteiger partial charge in [0.15, 0.2) is 0 Å². The molecule has 0 aliphatic heterocycles. The fraction of sp³-hybridized carbons (Fsp3) is 0.118. The molecule has 0 aliphatic rings. The topological polar surface area (TPSA) is 91.4 Å². The van der Waals surface area contributed by atoms with E-state index in [1.807, 2.05) is 0 Å². The molecule has 0 bridgehead atoms. The molecule has 0 unspecified atom stereocenters. The van der Waals surface area contributed by atoms with Crippen LogP contribution in [0.2, 0.25) is 0 Å². The van der Waals surface area contributed by atoms with Crippen LogP contribution in [0.1, 0.15) is 5.56 Å². The molecule has 0 radical (unpaired) electrons. The molecule has 3 aromatic rings. The number of benzene rings is 2. The fourth-order valence-corrected chi connectivity index (χ4v) is 4.05. The Labute approximate surface area is 170 Å². The molecular formula is C17H11F5N2O4S2.